The minimum atomic E-state index is -4.41. The van der Waals surface area contributed by atoms with Crippen LogP contribution in [-0.2, 0) is 46.5 Å². The maximum Gasteiger partial charge on any atom is 0.416 e. The second kappa shape index (κ2) is 20.0. The molecular formula is C44H45F5N4O8. The predicted octanol–water partition coefficient (Wildman–Crippen LogP) is 5.84. The number of halogens is 5. The summed E-state index contributed by atoms with van der Waals surface area (Å²) in [5.41, 5.74) is 2.95. The van der Waals surface area contributed by atoms with Crippen molar-refractivity contribution in [2.75, 3.05) is 19.6 Å². The Bertz CT molecular complexity index is 2380. The number of fused-ring (bicyclic) bond motifs is 1. The van der Waals surface area contributed by atoms with E-state index in [1.54, 1.807) is 23.6 Å². The molecule has 4 N–H and O–H groups in total. The Morgan fingerprint density at radius 3 is 2.00 bits per heavy atom. The number of aromatic nitrogens is 2. The van der Waals surface area contributed by atoms with Crippen LogP contribution in [0.25, 0.3) is 22.2 Å². The minimum Gasteiger partial charge on any atom is -0.479 e. The summed E-state index contributed by atoms with van der Waals surface area (Å²) in [5, 5.41) is 32.9. The lowest BCUT2D eigenvalue weighted by Gasteiger charge is -2.38. The number of aryl methyl sites for hydroxylation is 3. The van der Waals surface area contributed by atoms with Crippen LogP contribution in [-0.4, -0.2) is 95.5 Å². The van der Waals surface area contributed by atoms with Crippen LogP contribution in [0.1, 0.15) is 47.8 Å². The van der Waals surface area contributed by atoms with Gasteiger partial charge in [0.05, 0.1) is 10.9 Å². The van der Waals surface area contributed by atoms with Crippen molar-refractivity contribution in [3.05, 3.63) is 135 Å². The number of carbonyl (C=O) groups excluding carboxylic acids is 1. The molecule has 0 saturated carbocycles. The molecule has 6 rings (SSSR count). The number of aliphatic hydroxyl groups excluding tert-OH is 2. The van der Waals surface area contributed by atoms with Crippen molar-refractivity contribution < 1.29 is 56.8 Å². The fourth-order valence-corrected chi connectivity index (χ4v) is 7.09. The highest BCUT2D eigenvalue weighted by atomic mass is 19.4. The molecule has 2 atom stereocenters. The molecule has 0 spiro atoms. The molecule has 3 heterocycles. The van der Waals surface area contributed by atoms with Gasteiger partial charge in [-0.3, -0.25) is 9.59 Å². The predicted molar refractivity (Wildman–Crippen MR) is 214 cm³/mol. The van der Waals surface area contributed by atoms with Crippen LogP contribution in [0.2, 0.25) is 0 Å². The van der Waals surface area contributed by atoms with Crippen LogP contribution in [0.4, 0.5) is 22.0 Å². The highest BCUT2D eigenvalue weighted by Gasteiger charge is 2.31. The number of hydrogen-bond donors (Lipinski definition) is 4. The smallest absolute Gasteiger partial charge is 0.416 e. The first-order valence-electron chi connectivity index (χ1n) is 19.4. The van der Waals surface area contributed by atoms with Crippen LogP contribution >= 0.6 is 0 Å². The van der Waals surface area contributed by atoms with E-state index in [9.17, 15) is 41.1 Å². The maximum absolute atomic E-state index is 14.6. The molecule has 1 amide bonds. The number of hydrogen-bond acceptors (Lipinski definition) is 8. The molecule has 2 unspecified atom stereocenters. The number of aliphatic hydroxyl groups is 2. The third kappa shape index (κ3) is 11.6. The second-order valence-electron chi connectivity index (χ2n) is 14.6. The Morgan fingerprint density at radius 1 is 0.852 bits per heavy atom. The molecule has 324 valence electrons. The molecule has 5 aromatic rings. The number of piperidine rings is 1. The van der Waals surface area contributed by atoms with E-state index >= 15 is 0 Å². The number of nitrogens with zero attached hydrogens (tertiary/aromatic N) is 4. The Labute approximate surface area is 347 Å². The SMILES string of the molecule is CCN1CCC(N(Cc2ccc(-c3ccc(C(F)(F)F)cc3)cc2)C(=O)Cn2c(CCc3cccc(F)c3F)cc(=O)c3ccc(C)nc32)CC1.O=C(O)C(O)C(O)C(=O)O. The standard InChI is InChI=1S/C40H39F5N4O2.C4H6O6/c1-3-47-21-19-32(20-22-47)48(24-27-8-10-28(11-9-27)29-12-15-31(16-13-29)40(43,44)45)37(51)25-49-33(17-14-30-5-4-6-35(41)38(30)42)23-36(50)34-18-7-26(2)46-39(34)49;5-1(3(7)8)2(6)4(9)10/h4-13,15-16,18,23,32H,3,14,17,19-22,24-25H2,1-2H3;1-2,5-6H,(H,7,8)(H,9,10). The summed E-state index contributed by atoms with van der Waals surface area (Å²) >= 11 is 0. The Balaban J connectivity index is 0.000000626. The quantitative estimate of drug-likeness (QED) is 0.105. The van der Waals surface area contributed by atoms with Gasteiger partial charge in [-0.05, 0) is 91.7 Å². The normalized spacial score (nSPS) is 14.5. The van der Waals surface area contributed by atoms with Gasteiger partial charge in [0.25, 0.3) is 0 Å². The van der Waals surface area contributed by atoms with E-state index in [0.29, 0.717) is 34.5 Å². The maximum atomic E-state index is 14.6. The van der Waals surface area contributed by atoms with Gasteiger partial charge in [0.1, 0.15) is 12.2 Å². The highest BCUT2D eigenvalue weighted by molar-refractivity contribution is 5.83. The third-order valence-electron chi connectivity index (χ3n) is 10.6. The number of aliphatic carboxylic acids is 2. The van der Waals surface area contributed by atoms with Gasteiger partial charge in [-0.25, -0.2) is 23.4 Å². The summed E-state index contributed by atoms with van der Waals surface area (Å²) in [6.07, 6.45) is -7.11. The first kappa shape index (κ1) is 46.0. The van der Waals surface area contributed by atoms with Crippen LogP contribution in [0.15, 0.2) is 89.7 Å². The summed E-state index contributed by atoms with van der Waals surface area (Å²) in [4.78, 5) is 56.1. The molecule has 3 aromatic carbocycles. The summed E-state index contributed by atoms with van der Waals surface area (Å²) in [6.45, 7) is 6.68. The molecule has 1 saturated heterocycles. The van der Waals surface area contributed by atoms with E-state index < -0.39 is 47.5 Å². The average molecular weight is 853 g/mol. The number of amides is 1. The number of benzene rings is 3. The number of likely N-dealkylation sites (tertiary alicyclic amines) is 1. The molecular weight excluding hydrogens is 807 g/mol. The van der Waals surface area contributed by atoms with Crippen LogP contribution in [0.5, 0.6) is 0 Å². The van der Waals surface area contributed by atoms with Crippen molar-refractivity contribution in [1.29, 1.82) is 0 Å². The average Bonchev–Trinajstić information content (AvgIpc) is 3.24. The van der Waals surface area contributed by atoms with E-state index in [-0.39, 0.29) is 42.3 Å². The number of pyridine rings is 2. The van der Waals surface area contributed by atoms with E-state index in [0.717, 1.165) is 61.8 Å². The first-order chi connectivity index (χ1) is 28.9. The summed E-state index contributed by atoms with van der Waals surface area (Å²) < 4.78 is 69.6. The minimum absolute atomic E-state index is 0.0555. The Morgan fingerprint density at radius 2 is 1.44 bits per heavy atom. The molecule has 12 nitrogen and oxygen atoms in total. The van der Waals surface area contributed by atoms with Gasteiger partial charge in [0.2, 0.25) is 5.91 Å². The summed E-state index contributed by atoms with van der Waals surface area (Å²) in [5.74, 6) is -5.60. The van der Waals surface area contributed by atoms with Crippen molar-refractivity contribution >= 4 is 28.9 Å². The van der Waals surface area contributed by atoms with Gasteiger partial charge in [0.15, 0.2) is 29.3 Å². The summed E-state index contributed by atoms with van der Waals surface area (Å²) in [7, 11) is 0. The first-order valence-corrected chi connectivity index (χ1v) is 19.4. The van der Waals surface area contributed by atoms with Crippen molar-refractivity contribution in [3.63, 3.8) is 0 Å². The lowest BCUT2D eigenvalue weighted by Crippen LogP contribution is -2.48. The van der Waals surface area contributed by atoms with Gasteiger partial charge >= 0.3 is 18.1 Å². The third-order valence-corrected chi connectivity index (χ3v) is 10.6. The Kier molecular flexibility index (Phi) is 15.1. The van der Waals surface area contributed by atoms with E-state index in [1.165, 1.54) is 30.3 Å². The number of carboxylic acids is 2. The zero-order valence-electron chi connectivity index (χ0n) is 33.3. The monoisotopic (exact) mass is 852 g/mol. The van der Waals surface area contributed by atoms with Gasteiger partial charge in [-0.2, -0.15) is 13.2 Å². The van der Waals surface area contributed by atoms with E-state index in [4.69, 9.17) is 20.4 Å². The van der Waals surface area contributed by atoms with Gasteiger partial charge < -0.3 is 34.8 Å². The molecule has 61 heavy (non-hydrogen) atoms. The lowest BCUT2D eigenvalue weighted by molar-refractivity contribution is -0.165. The number of carboxylic acid groups (broad SMARTS) is 2. The fourth-order valence-electron chi connectivity index (χ4n) is 7.09. The largest absolute Gasteiger partial charge is 0.479 e. The zero-order chi connectivity index (χ0) is 44.6. The van der Waals surface area contributed by atoms with Crippen molar-refractivity contribution in [2.45, 2.75) is 77.0 Å². The van der Waals surface area contributed by atoms with Crippen molar-refractivity contribution in [2.24, 2.45) is 0 Å². The molecule has 1 aliphatic rings. The number of carbonyl (C=O) groups is 3. The van der Waals surface area contributed by atoms with Crippen molar-refractivity contribution in [3.8, 4) is 11.1 Å². The lowest BCUT2D eigenvalue weighted by atomic mass is 10.00. The molecule has 17 heteroatoms. The zero-order valence-corrected chi connectivity index (χ0v) is 33.3. The van der Waals surface area contributed by atoms with Gasteiger partial charge in [-0.1, -0.05) is 55.5 Å². The van der Waals surface area contributed by atoms with Crippen molar-refractivity contribution in [1.82, 2.24) is 19.4 Å². The number of rotatable bonds is 13. The molecule has 2 aromatic heterocycles. The molecule has 0 radical (unpaired) electrons. The Hall–Kier alpha value is -6.04. The second-order valence-corrected chi connectivity index (χ2v) is 14.6. The van der Waals surface area contributed by atoms with Crippen LogP contribution in [0, 0.1) is 18.6 Å². The van der Waals surface area contributed by atoms with Crippen LogP contribution < -0.4 is 5.43 Å². The van der Waals surface area contributed by atoms with Gasteiger partial charge in [0, 0.05) is 43.1 Å². The topological polar surface area (TPSA) is 173 Å². The molecule has 1 aliphatic heterocycles. The molecule has 0 bridgehead atoms. The number of alkyl halides is 3. The fraction of sp³-hybridized carbons (Fsp3) is 0.341. The molecule has 1 fully saturated rings. The van der Waals surface area contributed by atoms with Gasteiger partial charge in [-0.15, -0.1) is 0 Å². The molecule has 0 aliphatic carbocycles. The van der Waals surface area contributed by atoms with E-state index in [2.05, 4.69) is 16.8 Å². The summed E-state index contributed by atoms with van der Waals surface area (Å²) in [6, 6.07) is 21.3. The van der Waals surface area contributed by atoms with E-state index in [1.807, 2.05) is 29.2 Å². The van der Waals surface area contributed by atoms with Crippen LogP contribution in [0.3, 0.4) is 0 Å². The highest BCUT2D eigenvalue weighted by Crippen LogP contribution is 2.31.